The molecule has 0 saturated heterocycles. The molecular formula is C27H29Cl2N3O4S. The second-order valence-corrected chi connectivity index (χ2v) is 11.0. The quantitative estimate of drug-likeness (QED) is 0.351. The van der Waals surface area contributed by atoms with Crippen molar-refractivity contribution in [3.8, 4) is 0 Å². The molecule has 1 atom stereocenters. The molecule has 0 bridgehead atoms. The number of carbonyl (C=O) groups is 2. The number of nitrogens with one attached hydrogen (secondary N) is 1. The lowest BCUT2D eigenvalue weighted by Gasteiger charge is -2.32. The Labute approximate surface area is 228 Å². The largest absolute Gasteiger partial charge is 0.354 e. The van der Waals surface area contributed by atoms with Gasteiger partial charge in [0.1, 0.15) is 12.6 Å². The van der Waals surface area contributed by atoms with Crippen LogP contribution in [0.2, 0.25) is 10.0 Å². The predicted molar refractivity (Wildman–Crippen MR) is 147 cm³/mol. The lowest BCUT2D eigenvalue weighted by molar-refractivity contribution is -0.139. The molecule has 3 aromatic carbocycles. The molecule has 0 radical (unpaired) electrons. The third-order valence-corrected chi connectivity index (χ3v) is 8.26. The highest BCUT2D eigenvalue weighted by molar-refractivity contribution is 7.92. The third kappa shape index (κ3) is 7.03. The summed E-state index contributed by atoms with van der Waals surface area (Å²) in [4.78, 5) is 28.0. The van der Waals surface area contributed by atoms with E-state index in [2.05, 4.69) is 5.32 Å². The van der Waals surface area contributed by atoms with Crippen molar-refractivity contribution in [2.24, 2.45) is 0 Å². The molecule has 0 heterocycles. The van der Waals surface area contributed by atoms with Crippen molar-refractivity contribution in [1.29, 1.82) is 0 Å². The van der Waals surface area contributed by atoms with Gasteiger partial charge in [0.05, 0.1) is 10.6 Å². The molecule has 1 unspecified atom stereocenters. The fourth-order valence-electron chi connectivity index (χ4n) is 3.67. The van der Waals surface area contributed by atoms with Crippen molar-refractivity contribution >= 4 is 50.7 Å². The highest BCUT2D eigenvalue weighted by Gasteiger charge is 2.32. The number of nitrogens with zero attached hydrogens (tertiary/aromatic N) is 2. The molecule has 0 aromatic heterocycles. The van der Waals surface area contributed by atoms with Gasteiger partial charge in [-0.25, -0.2) is 8.42 Å². The average molecular weight is 563 g/mol. The maximum atomic E-state index is 13.8. The number of para-hydroxylation sites is 1. The van der Waals surface area contributed by atoms with Gasteiger partial charge in [-0.05, 0) is 49.7 Å². The Balaban J connectivity index is 2.02. The summed E-state index contributed by atoms with van der Waals surface area (Å²) in [5, 5.41) is 3.47. The molecule has 0 saturated carbocycles. The van der Waals surface area contributed by atoms with Gasteiger partial charge in [-0.3, -0.25) is 13.9 Å². The fraction of sp³-hybridized carbons (Fsp3) is 0.259. The van der Waals surface area contributed by atoms with Gasteiger partial charge in [0.25, 0.3) is 10.0 Å². The normalized spacial score (nSPS) is 12.0. The molecule has 3 rings (SSSR count). The van der Waals surface area contributed by atoms with Crippen LogP contribution >= 0.6 is 23.2 Å². The number of carbonyl (C=O) groups excluding carboxylic acids is 2. The van der Waals surface area contributed by atoms with Gasteiger partial charge in [-0.1, -0.05) is 72.6 Å². The van der Waals surface area contributed by atoms with Gasteiger partial charge >= 0.3 is 0 Å². The summed E-state index contributed by atoms with van der Waals surface area (Å²) in [6.45, 7) is 3.34. The minimum Gasteiger partial charge on any atom is -0.354 e. The predicted octanol–water partition coefficient (Wildman–Crippen LogP) is 5.13. The van der Waals surface area contributed by atoms with Crippen LogP contribution in [0.4, 0.5) is 5.69 Å². The molecule has 0 spiro atoms. The molecule has 0 aliphatic carbocycles. The van der Waals surface area contributed by atoms with E-state index < -0.39 is 28.5 Å². The minimum absolute atomic E-state index is 0.0427. The molecule has 0 aliphatic heterocycles. The summed E-state index contributed by atoms with van der Waals surface area (Å²) >= 11 is 12.7. The fourth-order valence-corrected chi connectivity index (χ4v) is 5.63. The van der Waals surface area contributed by atoms with E-state index in [-0.39, 0.29) is 17.3 Å². The Morgan fingerprint density at radius 1 is 0.892 bits per heavy atom. The summed E-state index contributed by atoms with van der Waals surface area (Å²) in [6, 6.07) is 20.3. The Kier molecular flexibility index (Phi) is 9.97. The van der Waals surface area contributed by atoms with E-state index in [4.69, 9.17) is 23.2 Å². The van der Waals surface area contributed by atoms with Crippen LogP contribution in [0, 0.1) is 0 Å². The van der Waals surface area contributed by atoms with Crippen molar-refractivity contribution in [2.75, 3.05) is 17.4 Å². The summed E-state index contributed by atoms with van der Waals surface area (Å²) in [6.07, 6.45) is 0.722. The second kappa shape index (κ2) is 12.9. The topological polar surface area (TPSA) is 86.8 Å². The maximum absolute atomic E-state index is 13.8. The Bertz CT molecular complexity index is 1300. The molecule has 3 aromatic rings. The van der Waals surface area contributed by atoms with Crippen LogP contribution in [-0.4, -0.2) is 44.3 Å². The number of halogens is 2. The second-order valence-electron chi connectivity index (χ2n) is 8.35. The van der Waals surface area contributed by atoms with E-state index >= 15 is 0 Å². The zero-order valence-corrected chi connectivity index (χ0v) is 22.9. The SMILES string of the molecule is CCCNC(=O)C(C)N(Cc1c(Cl)cccc1Cl)C(=O)CN(c1ccccc1)S(=O)(=O)c1ccccc1. The summed E-state index contributed by atoms with van der Waals surface area (Å²) in [5.41, 5.74) is 0.782. The van der Waals surface area contributed by atoms with Crippen molar-refractivity contribution in [2.45, 2.75) is 37.8 Å². The number of sulfonamides is 1. The summed E-state index contributed by atoms with van der Waals surface area (Å²) in [5.74, 6) is -0.950. The number of amides is 2. The molecule has 0 fully saturated rings. The first-order valence-electron chi connectivity index (χ1n) is 11.8. The monoisotopic (exact) mass is 561 g/mol. The van der Waals surface area contributed by atoms with Crippen LogP contribution in [0.5, 0.6) is 0 Å². The molecule has 10 heteroatoms. The zero-order chi connectivity index (χ0) is 27.0. The number of anilines is 1. The van der Waals surface area contributed by atoms with E-state index in [0.29, 0.717) is 27.8 Å². The van der Waals surface area contributed by atoms with E-state index in [0.717, 1.165) is 10.7 Å². The van der Waals surface area contributed by atoms with Gasteiger partial charge in [0.15, 0.2) is 0 Å². The van der Waals surface area contributed by atoms with E-state index in [1.807, 2.05) is 6.92 Å². The average Bonchev–Trinajstić information content (AvgIpc) is 2.90. The Morgan fingerprint density at radius 3 is 2.03 bits per heavy atom. The number of rotatable bonds is 11. The molecule has 37 heavy (non-hydrogen) atoms. The Hall–Kier alpha value is -3.07. The standard InChI is InChI=1S/C27H29Cl2N3O4S/c1-3-17-30-27(34)20(2)31(18-23-24(28)15-10-16-25(23)29)26(33)19-32(21-11-6-4-7-12-21)37(35,36)22-13-8-5-9-14-22/h4-16,20H,3,17-19H2,1-2H3,(H,30,34). The lowest BCUT2D eigenvalue weighted by atomic mass is 10.1. The van der Waals surface area contributed by atoms with Gasteiger partial charge in [0, 0.05) is 28.7 Å². The van der Waals surface area contributed by atoms with Gasteiger partial charge in [-0.15, -0.1) is 0 Å². The van der Waals surface area contributed by atoms with Crippen LogP contribution in [0.1, 0.15) is 25.8 Å². The molecule has 2 amide bonds. The summed E-state index contributed by atoms with van der Waals surface area (Å²) in [7, 11) is -4.10. The summed E-state index contributed by atoms with van der Waals surface area (Å²) < 4.78 is 28.3. The number of hydrogen-bond donors (Lipinski definition) is 1. The van der Waals surface area contributed by atoms with Crippen LogP contribution < -0.4 is 9.62 Å². The minimum atomic E-state index is -4.10. The van der Waals surface area contributed by atoms with Crippen LogP contribution in [0.25, 0.3) is 0 Å². The lowest BCUT2D eigenvalue weighted by Crippen LogP contribution is -2.51. The van der Waals surface area contributed by atoms with Gasteiger partial charge in [-0.2, -0.15) is 0 Å². The van der Waals surface area contributed by atoms with Crippen molar-refractivity contribution in [3.05, 3.63) is 94.5 Å². The van der Waals surface area contributed by atoms with Crippen LogP contribution in [0.15, 0.2) is 83.8 Å². The van der Waals surface area contributed by atoms with Gasteiger partial charge < -0.3 is 10.2 Å². The van der Waals surface area contributed by atoms with Crippen LogP contribution in [0.3, 0.4) is 0 Å². The third-order valence-electron chi connectivity index (χ3n) is 5.76. The highest BCUT2D eigenvalue weighted by atomic mass is 35.5. The van der Waals surface area contributed by atoms with Crippen molar-refractivity contribution < 1.29 is 18.0 Å². The number of hydrogen-bond acceptors (Lipinski definition) is 4. The van der Waals surface area contributed by atoms with Crippen LogP contribution in [-0.2, 0) is 26.2 Å². The van der Waals surface area contributed by atoms with E-state index in [1.165, 1.54) is 17.0 Å². The zero-order valence-electron chi connectivity index (χ0n) is 20.6. The molecule has 196 valence electrons. The first-order chi connectivity index (χ1) is 17.7. The molecular weight excluding hydrogens is 533 g/mol. The highest BCUT2D eigenvalue weighted by Crippen LogP contribution is 2.28. The maximum Gasteiger partial charge on any atom is 0.264 e. The first kappa shape index (κ1) is 28.5. The van der Waals surface area contributed by atoms with Crippen molar-refractivity contribution in [3.63, 3.8) is 0 Å². The smallest absolute Gasteiger partial charge is 0.264 e. The number of benzene rings is 3. The first-order valence-corrected chi connectivity index (χ1v) is 14.0. The molecule has 1 N–H and O–H groups in total. The van der Waals surface area contributed by atoms with Gasteiger partial charge in [0.2, 0.25) is 11.8 Å². The molecule has 7 nitrogen and oxygen atoms in total. The Morgan fingerprint density at radius 2 is 1.46 bits per heavy atom. The van der Waals surface area contributed by atoms with E-state index in [1.54, 1.807) is 73.7 Å². The van der Waals surface area contributed by atoms with E-state index in [9.17, 15) is 18.0 Å². The van der Waals surface area contributed by atoms with Crippen molar-refractivity contribution in [1.82, 2.24) is 10.2 Å². The molecule has 0 aliphatic rings.